The van der Waals surface area contributed by atoms with E-state index in [0.717, 1.165) is 37.3 Å². The first-order chi connectivity index (χ1) is 23.7. The van der Waals surface area contributed by atoms with Crippen LogP contribution >= 0.6 is 0 Å². The first kappa shape index (κ1) is 39.4. The quantitative estimate of drug-likeness (QED) is 0.124. The van der Waals surface area contributed by atoms with Gasteiger partial charge in [-0.2, -0.15) is 0 Å². The van der Waals surface area contributed by atoms with E-state index in [9.17, 15) is 19.5 Å². The molecule has 4 fully saturated rings. The number of carbonyl (C=O) groups is 3. The van der Waals surface area contributed by atoms with Gasteiger partial charge in [-0.15, -0.1) is 0 Å². The summed E-state index contributed by atoms with van der Waals surface area (Å²) in [6.45, 7) is 18.0. The van der Waals surface area contributed by atoms with Crippen molar-refractivity contribution < 1.29 is 38.2 Å². The highest BCUT2D eigenvalue weighted by Crippen LogP contribution is 2.69. The van der Waals surface area contributed by atoms with Crippen molar-refractivity contribution >= 4 is 18.2 Å². The highest BCUT2D eigenvalue weighted by molar-refractivity contribution is 5.81. The summed E-state index contributed by atoms with van der Waals surface area (Å²) in [5, 5.41) is 20.8. The smallest absolute Gasteiger partial charge is 0.408 e. The summed E-state index contributed by atoms with van der Waals surface area (Å²) in [5.74, 6) is 2.90. The van der Waals surface area contributed by atoms with Gasteiger partial charge >= 0.3 is 18.2 Å². The Balaban J connectivity index is 1.16. The summed E-state index contributed by atoms with van der Waals surface area (Å²) in [5.41, 5.74) is -0.417. The maximum Gasteiger partial charge on any atom is 0.408 e. The normalized spacial score (nSPS) is 34.0. The Labute approximate surface area is 305 Å². The fourth-order valence-corrected chi connectivity index (χ4v) is 10.4. The van der Waals surface area contributed by atoms with Crippen molar-refractivity contribution in [2.45, 2.75) is 175 Å². The van der Waals surface area contributed by atoms with Crippen LogP contribution in [0.15, 0.2) is 10.6 Å². The number of carbonyl (C=O) groups excluding carboxylic acids is 3. The van der Waals surface area contributed by atoms with Crippen LogP contribution in [0.25, 0.3) is 0 Å². The number of alkyl carbamates (subject to hydrolysis) is 2. The molecule has 1 aromatic rings. The van der Waals surface area contributed by atoms with E-state index in [-0.39, 0.29) is 12.0 Å². The van der Waals surface area contributed by atoms with Gasteiger partial charge in [0, 0.05) is 18.5 Å². The molecule has 2 unspecified atom stereocenters. The van der Waals surface area contributed by atoms with Crippen molar-refractivity contribution in [3.8, 4) is 0 Å². The lowest BCUT2D eigenvalue weighted by atomic mass is 9.44. The summed E-state index contributed by atoms with van der Waals surface area (Å²) < 4.78 is 22.1. The molecule has 4 aliphatic carbocycles. The maximum atomic E-state index is 13.3. The molecule has 0 radical (unpaired) electrons. The number of hydrogen-bond donors (Lipinski definition) is 3. The number of fused-ring (bicyclic) bond motifs is 5. The van der Waals surface area contributed by atoms with E-state index in [2.05, 4.69) is 29.6 Å². The van der Waals surface area contributed by atoms with Crippen molar-refractivity contribution in [3.05, 3.63) is 17.5 Å². The van der Waals surface area contributed by atoms with Gasteiger partial charge in [-0.25, -0.2) is 14.4 Å². The fourth-order valence-electron chi connectivity index (χ4n) is 10.4. The summed E-state index contributed by atoms with van der Waals surface area (Å²) in [7, 11) is 0. The molecule has 5 rings (SSSR count). The number of esters is 1. The average molecular weight is 716 g/mol. The van der Waals surface area contributed by atoms with E-state index in [1.807, 2.05) is 13.0 Å². The molecule has 288 valence electrons. The zero-order valence-electron chi connectivity index (χ0n) is 32.7. The molecule has 0 aliphatic heterocycles. The first-order valence-corrected chi connectivity index (χ1v) is 19.5. The second-order valence-electron chi connectivity index (χ2n) is 19.0. The lowest BCUT2D eigenvalue weighted by Gasteiger charge is -2.61. The average Bonchev–Trinajstić information content (AvgIpc) is 3.61. The SMILES string of the molecule is CC(C)(C)OC(=O)NCCCC[C@H](NC(=O)OC(C)(C)C)C(=O)OCc1cc([C@H]2CC[C@H]3[C@@H]4CCC5C[C@](C)(O)CC[C@]5(C)C4CC[C@]23C)no1. The lowest BCUT2D eigenvalue weighted by molar-refractivity contribution is -0.148. The molecule has 1 aromatic heterocycles. The van der Waals surface area contributed by atoms with Crippen molar-refractivity contribution in [2.75, 3.05) is 6.54 Å². The molecule has 11 heteroatoms. The van der Waals surface area contributed by atoms with Gasteiger partial charge in [0.25, 0.3) is 0 Å². The molecule has 3 N–H and O–H groups in total. The zero-order valence-corrected chi connectivity index (χ0v) is 32.7. The second kappa shape index (κ2) is 14.9. The Hall–Kier alpha value is -2.82. The van der Waals surface area contributed by atoms with Crippen LogP contribution in [0.1, 0.15) is 157 Å². The minimum absolute atomic E-state index is 0.0837. The molecule has 0 saturated heterocycles. The minimum Gasteiger partial charge on any atom is -0.456 e. The predicted molar refractivity (Wildman–Crippen MR) is 193 cm³/mol. The van der Waals surface area contributed by atoms with Crippen molar-refractivity contribution in [3.63, 3.8) is 0 Å². The molecule has 0 aromatic carbocycles. The number of nitrogens with one attached hydrogen (secondary N) is 2. The molecule has 1 heterocycles. The summed E-state index contributed by atoms with van der Waals surface area (Å²) >= 11 is 0. The number of unbranched alkanes of at least 4 members (excludes halogenated alkanes) is 1. The molecule has 11 nitrogen and oxygen atoms in total. The standard InChI is InChI=1S/C40H65N3O8/c1-36(2,3)49-34(45)41-21-11-10-12-31(42-35(46)50-37(4,5)6)33(44)48-24-26-22-32(43-51-26)30-16-15-28-27-14-13-25-23-38(7,47)19-20-39(25,8)29(27)17-18-40(28,30)9/h22,25,27-31,47H,10-21,23-24H2,1-9H3,(H,41,45)(H,42,46)/t25?,27-,28-,29?,30+,31-,38+,39-,40-/m0/s1. The van der Waals surface area contributed by atoms with Gasteiger partial charge in [0.05, 0.1) is 11.3 Å². The van der Waals surface area contributed by atoms with Gasteiger partial charge in [-0.1, -0.05) is 19.0 Å². The number of amides is 2. The third-order valence-corrected chi connectivity index (χ3v) is 12.8. The Morgan fingerprint density at radius 1 is 0.902 bits per heavy atom. The topological polar surface area (TPSA) is 149 Å². The predicted octanol–water partition coefficient (Wildman–Crippen LogP) is 8.18. The summed E-state index contributed by atoms with van der Waals surface area (Å²) in [4.78, 5) is 37.9. The highest BCUT2D eigenvalue weighted by Gasteiger charge is 2.61. The van der Waals surface area contributed by atoms with E-state index in [4.69, 9.17) is 18.7 Å². The second-order valence-corrected chi connectivity index (χ2v) is 19.0. The van der Waals surface area contributed by atoms with Crippen LogP contribution in [0.2, 0.25) is 0 Å². The van der Waals surface area contributed by atoms with E-state index in [0.29, 0.717) is 60.7 Å². The van der Waals surface area contributed by atoms with Crippen LogP contribution in [-0.2, 0) is 25.6 Å². The third-order valence-electron chi connectivity index (χ3n) is 12.8. The molecule has 4 aliphatic rings. The number of aliphatic hydroxyl groups is 1. The van der Waals surface area contributed by atoms with Crippen LogP contribution < -0.4 is 10.6 Å². The summed E-state index contributed by atoms with van der Waals surface area (Å²) in [6, 6.07) is 1.03. The summed E-state index contributed by atoms with van der Waals surface area (Å²) in [6.07, 6.45) is 10.4. The van der Waals surface area contributed by atoms with Crippen LogP contribution in [0.5, 0.6) is 0 Å². The van der Waals surface area contributed by atoms with Gasteiger partial charge in [0.1, 0.15) is 17.2 Å². The Morgan fingerprint density at radius 3 is 2.29 bits per heavy atom. The molecule has 0 bridgehead atoms. The number of nitrogens with zero attached hydrogens (tertiary/aromatic N) is 1. The van der Waals surface area contributed by atoms with Crippen LogP contribution in [-0.4, -0.2) is 57.8 Å². The Morgan fingerprint density at radius 2 is 1.59 bits per heavy atom. The van der Waals surface area contributed by atoms with Gasteiger partial charge in [-0.3, -0.25) is 0 Å². The fraction of sp³-hybridized carbons (Fsp3) is 0.850. The molecule has 9 atom stereocenters. The first-order valence-electron chi connectivity index (χ1n) is 19.5. The number of ether oxygens (including phenoxy) is 3. The third kappa shape index (κ3) is 9.41. The minimum atomic E-state index is -0.930. The van der Waals surface area contributed by atoms with Gasteiger partial charge < -0.3 is 34.5 Å². The van der Waals surface area contributed by atoms with Gasteiger partial charge in [0.2, 0.25) is 0 Å². The molecule has 2 amide bonds. The van der Waals surface area contributed by atoms with Crippen LogP contribution in [0.4, 0.5) is 9.59 Å². The number of aromatic nitrogens is 1. The van der Waals surface area contributed by atoms with E-state index < -0.39 is 41.0 Å². The molecule has 4 saturated carbocycles. The van der Waals surface area contributed by atoms with Crippen LogP contribution in [0, 0.1) is 34.5 Å². The molecular weight excluding hydrogens is 650 g/mol. The monoisotopic (exact) mass is 715 g/mol. The van der Waals surface area contributed by atoms with E-state index in [1.54, 1.807) is 41.5 Å². The largest absolute Gasteiger partial charge is 0.456 e. The molecule has 51 heavy (non-hydrogen) atoms. The van der Waals surface area contributed by atoms with Gasteiger partial charge in [-0.05, 0) is 160 Å². The number of hydrogen-bond acceptors (Lipinski definition) is 9. The number of rotatable bonds is 10. The van der Waals surface area contributed by atoms with Gasteiger partial charge in [0.15, 0.2) is 12.4 Å². The Bertz CT molecular complexity index is 1390. The molecular formula is C40H65N3O8. The van der Waals surface area contributed by atoms with Crippen molar-refractivity contribution in [1.29, 1.82) is 0 Å². The van der Waals surface area contributed by atoms with Crippen LogP contribution in [0.3, 0.4) is 0 Å². The lowest BCUT2D eigenvalue weighted by Crippen LogP contribution is -2.55. The molecule has 0 spiro atoms. The van der Waals surface area contributed by atoms with Crippen molar-refractivity contribution in [2.24, 2.45) is 34.5 Å². The maximum absolute atomic E-state index is 13.3. The van der Waals surface area contributed by atoms with Crippen molar-refractivity contribution in [1.82, 2.24) is 15.8 Å². The zero-order chi connectivity index (χ0) is 37.4. The van der Waals surface area contributed by atoms with E-state index >= 15 is 0 Å². The Kier molecular flexibility index (Phi) is 11.5. The highest BCUT2D eigenvalue weighted by atomic mass is 16.6. The van der Waals surface area contributed by atoms with E-state index in [1.165, 1.54) is 32.1 Å².